The first-order valence-corrected chi connectivity index (χ1v) is 6.75. The summed E-state index contributed by atoms with van der Waals surface area (Å²) in [7, 11) is 0. The summed E-state index contributed by atoms with van der Waals surface area (Å²) in [6.45, 7) is 1.01. The van der Waals surface area contributed by atoms with Crippen molar-refractivity contribution >= 4 is 11.5 Å². The fourth-order valence-corrected chi connectivity index (χ4v) is 3.06. The second kappa shape index (κ2) is 4.52. The van der Waals surface area contributed by atoms with Crippen molar-refractivity contribution in [2.24, 2.45) is 5.92 Å². The van der Waals surface area contributed by atoms with Crippen LogP contribution < -0.4 is 5.32 Å². The van der Waals surface area contributed by atoms with E-state index < -0.39 is 0 Å². The molecule has 0 saturated heterocycles. The fraction of sp³-hybridized carbons (Fsp3) is 0.533. The first-order chi connectivity index (χ1) is 8.34. The molecule has 0 aromatic heterocycles. The molecular weight excluding hydrogens is 210 g/mol. The molecule has 17 heavy (non-hydrogen) atoms. The third-order valence-corrected chi connectivity index (χ3v) is 4.08. The summed E-state index contributed by atoms with van der Waals surface area (Å²) in [5, 5.41) is 3.33. The van der Waals surface area contributed by atoms with Gasteiger partial charge in [-0.3, -0.25) is 4.79 Å². The number of anilines is 1. The summed E-state index contributed by atoms with van der Waals surface area (Å²) in [6.07, 6.45) is 6.99. The minimum Gasteiger partial charge on any atom is -0.384 e. The van der Waals surface area contributed by atoms with Gasteiger partial charge >= 0.3 is 0 Å². The maximum absolute atomic E-state index is 12.4. The summed E-state index contributed by atoms with van der Waals surface area (Å²) in [5.74, 6) is 0.663. The van der Waals surface area contributed by atoms with Gasteiger partial charge in [0.1, 0.15) is 0 Å². The number of benzene rings is 1. The van der Waals surface area contributed by atoms with E-state index in [9.17, 15) is 4.79 Å². The van der Waals surface area contributed by atoms with Crippen LogP contribution in [0, 0.1) is 5.92 Å². The number of carbonyl (C=O) groups excluding carboxylic acids is 1. The number of hydrogen-bond donors (Lipinski definition) is 1. The molecule has 1 aromatic rings. The molecule has 1 fully saturated rings. The molecule has 0 radical (unpaired) electrons. The molecule has 1 heterocycles. The van der Waals surface area contributed by atoms with Crippen molar-refractivity contribution in [1.29, 1.82) is 0 Å². The lowest BCUT2D eigenvalue weighted by Gasteiger charge is -2.20. The van der Waals surface area contributed by atoms with Gasteiger partial charge in [-0.1, -0.05) is 19.3 Å². The highest BCUT2D eigenvalue weighted by molar-refractivity contribution is 5.98. The molecule has 1 saturated carbocycles. The zero-order valence-electron chi connectivity index (χ0n) is 10.2. The number of fused-ring (bicyclic) bond motifs is 1. The molecule has 3 rings (SSSR count). The van der Waals surface area contributed by atoms with Crippen LogP contribution in [0.4, 0.5) is 5.69 Å². The van der Waals surface area contributed by atoms with Crippen molar-refractivity contribution in [3.63, 3.8) is 0 Å². The lowest BCUT2D eigenvalue weighted by molar-refractivity contribution is 0.0889. The average molecular weight is 229 g/mol. The Morgan fingerprint density at radius 2 is 2.00 bits per heavy atom. The fourth-order valence-electron chi connectivity index (χ4n) is 3.06. The van der Waals surface area contributed by atoms with Gasteiger partial charge in [0, 0.05) is 23.7 Å². The summed E-state index contributed by atoms with van der Waals surface area (Å²) >= 11 is 0. The average Bonchev–Trinajstić information content (AvgIpc) is 2.86. The van der Waals surface area contributed by atoms with E-state index in [0.29, 0.717) is 5.78 Å². The Morgan fingerprint density at radius 3 is 2.82 bits per heavy atom. The van der Waals surface area contributed by atoms with E-state index in [1.54, 1.807) is 0 Å². The number of nitrogens with one attached hydrogen (secondary N) is 1. The van der Waals surface area contributed by atoms with Crippen molar-refractivity contribution in [2.45, 2.75) is 38.5 Å². The van der Waals surface area contributed by atoms with Crippen LogP contribution >= 0.6 is 0 Å². The minimum absolute atomic E-state index is 0.288. The number of ketones is 1. The van der Waals surface area contributed by atoms with Crippen LogP contribution in [-0.4, -0.2) is 12.3 Å². The van der Waals surface area contributed by atoms with E-state index in [1.807, 2.05) is 6.07 Å². The summed E-state index contributed by atoms with van der Waals surface area (Å²) in [6, 6.07) is 6.17. The molecule has 2 heteroatoms. The van der Waals surface area contributed by atoms with Crippen LogP contribution in [0.25, 0.3) is 0 Å². The number of rotatable bonds is 2. The predicted molar refractivity (Wildman–Crippen MR) is 69.5 cm³/mol. The highest BCUT2D eigenvalue weighted by Gasteiger charge is 2.23. The third kappa shape index (κ3) is 2.08. The third-order valence-electron chi connectivity index (χ3n) is 4.08. The molecular formula is C15H19NO. The Balaban J connectivity index is 1.81. The van der Waals surface area contributed by atoms with Gasteiger partial charge < -0.3 is 5.32 Å². The molecule has 0 bridgehead atoms. The van der Waals surface area contributed by atoms with E-state index in [-0.39, 0.29) is 5.92 Å². The molecule has 0 unspecified atom stereocenters. The van der Waals surface area contributed by atoms with Gasteiger partial charge in [0.25, 0.3) is 0 Å². The van der Waals surface area contributed by atoms with Crippen LogP contribution in [0.1, 0.15) is 48.0 Å². The van der Waals surface area contributed by atoms with Gasteiger partial charge in [0.2, 0.25) is 0 Å². The van der Waals surface area contributed by atoms with E-state index >= 15 is 0 Å². The van der Waals surface area contributed by atoms with Gasteiger partial charge in [-0.05, 0) is 43.0 Å². The molecule has 1 aromatic carbocycles. The van der Waals surface area contributed by atoms with Crippen molar-refractivity contribution in [3.05, 3.63) is 29.3 Å². The minimum atomic E-state index is 0.288. The topological polar surface area (TPSA) is 29.1 Å². The van der Waals surface area contributed by atoms with Crippen LogP contribution in [0.2, 0.25) is 0 Å². The number of carbonyl (C=O) groups is 1. The Kier molecular flexibility index (Phi) is 2.87. The van der Waals surface area contributed by atoms with Gasteiger partial charge in [0.05, 0.1) is 0 Å². The number of Topliss-reactive ketones (excluding diaryl/α,β-unsaturated/α-hetero) is 1. The first kappa shape index (κ1) is 10.8. The van der Waals surface area contributed by atoms with E-state index in [4.69, 9.17) is 0 Å². The second-order valence-electron chi connectivity index (χ2n) is 5.25. The van der Waals surface area contributed by atoms with E-state index in [0.717, 1.165) is 31.4 Å². The Hall–Kier alpha value is -1.31. The summed E-state index contributed by atoms with van der Waals surface area (Å²) in [5.41, 5.74) is 3.45. The van der Waals surface area contributed by atoms with Gasteiger partial charge in [-0.25, -0.2) is 0 Å². The van der Waals surface area contributed by atoms with Crippen molar-refractivity contribution < 1.29 is 4.79 Å². The largest absolute Gasteiger partial charge is 0.384 e. The molecule has 2 nitrogen and oxygen atoms in total. The van der Waals surface area contributed by atoms with E-state index in [2.05, 4.69) is 17.4 Å². The molecule has 90 valence electrons. The molecule has 1 aliphatic carbocycles. The maximum Gasteiger partial charge on any atom is 0.165 e. The van der Waals surface area contributed by atoms with Crippen molar-refractivity contribution in [1.82, 2.24) is 0 Å². The molecule has 0 spiro atoms. The van der Waals surface area contributed by atoms with Gasteiger partial charge in [0.15, 0.2) is 5.78 Å². The standard InChI is InChI=1S/C15H19NO/c17-15(11-4-2-1-3-5-11)13-6-7-14-12(10-13)8-9-16-14/h6-7,10-11,16H,1-5,8-9H2. The molecule has 0 atom stereocenters. The number of hydrogen-bond acceptors (Lipinski definition) is 2. The Bertz CT molecular complexity index is 433. The Labute approximate surface area is 102 Å². The second-order valence-corrected chi connectivity index (χ2v) is 5.25. The van der Waals surface area contributed by atoms with Gasteiger partial charge in [-0.15, -0.1) is 0 Å². The normalized spacial score (nSPS) is 19.8. The quantitative estimate of drug-likeness (QED) is 0.787. The molecule has 0 amide bonds. The SMILES string of the molecule is O=C(c1ccc2c(c1)CCN2)C1CCCCC1. The highest BCUT2D eigenvalue weighted by atomic mass is 16.1. The molecule has 2 aliphatic rings. The van der Waals surface area contributed by atoms with E-state index in [1.165, 1.54) is 30.5 Å². The van der Waals surface area contributed by atoms with Crippen molar-refractivity contribution in [3.8, 4) is 0 Å². The van der Waals surface area contributed by atoms with Crippen LogP contribution in [0.5, 0.6) is 0 Å². The highest BCUT2D eigenvalue weighted by Crippen LogP contribution is 2.29. The molecule has 1 aliphatic heterocycles. The monoisotopic (exact) mass is 229 g/mol. The lowest BCUT2D eigenvalue weighted by Crippen LogP contribution is -2.17. The van der Waals surface area contributed by atoms with Crippen LogP contribution in [0.15, 0.2) is 18.2 Å². The first-order valence-electron chi connectivity index (χ1n) is 6.75. The predicted octanol–water partition coefficient (Wildman–Crippen LogP) is 3.42. The smallest absolute Gasteiger partial charge is 0.165 e. The maximum atomic E-state index is 12.4. The van der Waals surface area contributed by atoms with Crippen LogP contribution in [-0.2, 0) is 6.42 Å². The van der Waals surface area contributed by atoms with Crippen molar-refractivity contribution in [2.75, 3.05) is 11.9 Å². The molecule has 1 N–H and O–H groups in total. The zero-order chi connectivity index (χ0) is 11.7. The summed E-state index contributed by atoms with van der Waals surface area (Å²) in [4.78, 5) is 12.4. The zero-order valence-corrected chi connectivity index (χ0v) is 10.2. The van der Waals surface area contributed by atoms with Crippen LogP contribution in [0.3, 0.4) is 0 Å². The summed E-state index contributed by atoms with van der Waals surface area (Å²) < 4.78 is 0. The Morgan fingerprint density at radius 1 is 1.18 bits per heavy atom. The lowest BCUT2D eigenvalue weighted by atomic mass is 9.83. The van der Waals surface area contributed by atoms with Gasteiger partial charge in [-0.2, -0.15) is 0 Å².